The van der Waals surface area contributed by atoms with Crippen LogP contribution in [0.3, 0.4) is 0 Å². The normalized spacial score (nSPS) is 16.3. The van der Waals surface area contributed by atoms with E-state index in [2.05, 4.69) is 53.8 Å². The van der Waals surface area contributed by atoms with Crippen molar-refractivity contribution in [3.05, 3.63) is 51.5 Å². The number of aryl methyl sites for hydroxylation is 2. The van der Waals surface area contributed by atoms with Crippen LogP contribution in [0, 0.1) is 13.8 Å². The summed E-state index contributed by atoms with van der Waals surface area (Å²) in [6.45, 7) is 5.36. The summed E-state index contributed by atoms with van der Waals surface area (Å²) in [6.07, 6.45) is 3.72. The minimum atomic E-state index is 0.526. The highest BCUT2D eigenvalue weighted by atomic mass is 32.1. The smallest absolute Gasteiger partial charge is 0.0897 e. The molecule has 1 aliphatic carbocycles. The van der Waals surface area contributed by atoms with Crippen molar-refractivity contribution >= 4 is 11.3 Å². The maximum atomic E-state index is 4.64. The highest BCUT2D eigenvalue weighted by molar-refractivity contribution is 7.09. The lowest BCUT2D eigenvalue weighted by Gasteiger charge is -2.19. The van der Waals surface area contributed by atoms with E-state index in [9.17, 15) is 0 Å². The lowest BCUT2D eigenvalue weighted by atomic mass is 9.91. The number of benzene rings is 1. The molecule has 0 amide bonds. The third kappa shape index (κ3) is 3.47. The standard InChI is InChI=1S/C17H22N2S/c1-12-5-3-4-6-17(12)14(10-18-15-7-8-15)9-16-11-20-13(2)19-16/h3-6,11,14-15,18H,7-10H2,1-2H3. The van der Waals surface area contributed by atoms with Gasteiger partial charge in [0.15, 0.2) is 0 Å². The molecule has 1 unspecified atom stereocenters. The molecule has 0 radical (unpaired) electrons. The highest BCUT2D eigenvalue weighted by Crippen LogP contribution is 2.26. The Bertz CT molecular complexity index is 572. The molecule has 1 N–H and O–H groups in total. The molecule has 1 heterocycles. The Kier molecular flexibility index (Phi) is 4.18. The summed E-state index contributed by atoms with van der Waals surface area (Å²) in [4.78, 5) is 4.64. The summed E-state index contributed by atoms with van der Waals surface area (Å²) >= 11 is 1.75. The summed E-state index contributed by atoms with van der Waals surface area (Å²) in [5.74, 6) is 0.526. The second-order valence-electron chi connectivity index (χ2n) is 5.80. The molecule has 1 atom stereocenters. The van der Waals surface area contributed by atoms with Gasteiger partial charge in [0.2, 0.25) is 0 Å². The van der Waals surface area contributed by atoms with Crippen LogP contribution >= 0.6 is 11.3 Å². The molecule has 0 spiro atoms. The summed E-state index contributed by atoms with van der Waals surface area (Å²) in [7, 11) is 0. The summed E-state index contributed by atoms with van der Waals surface area (Å²) in [6, 6.07) is 9.52. The first-order valence-corrected chi connectivity index (χ1v) is 8.30. The SMILES string of the molecule is Cc1nc(CC(CNC2CC2)c2ccccc2C)cs1. The number of nitrogens with one attached hydrogen (secondary N) is 1. The van der Waals surface area contributed by atoms with E-state index in [0.717, 1.165) is 19.0 Å². The van der Waals surface area contributed by atoms with Crippen molar-refractivity contribution in [2.45, 2.75) is 45.1 Å². The molecule has 2 aromatic rings. The Morgan fingerprint density at radius 1 is 1.30 bits per heavy atom. The molecular weight excluding hydrogens is 264 g/mol. The molecular formula is C17H22N2S. The fourth-order valence-corrected chi connectivity index (χ4v) is 3.31. The number of thiazole rings is 1. The number of hydrogen-bond donors (Lipinski definition) is 1. The van der Waals surface area contributed by atoms with E-state index in [1.54, 1.807) is 11.3 Å². The largest absolute Gasteiger partial charge is 0.313 e. The molecule has 3 heteroatoms. The first-order chi connectivity index (χ1) is 9.72. The fraction of sp³-hybridized carbons (Fsp3) is 0.471. The second-order valence-corrected chi connectivity index (χ2v) is 6.86. The van der Waals surface area contributed by atoms with Crippen LogP contribution in [0.15, 0.2) is 29.6 Å². The number of aromatic nitrogens is 1. The van der Waals surface area contributed by atoms with Gasteiger partial charge in [-0.15, -0.1) is 11.3 Å². The molecule has 1 aromatic heterocycles. The van der Waals surface area contributed by atoms with Gasteiger partial charge in [-0.2, -0.15) is 0 Å². The molecule has 1 aromatic carbocycles. The fourth-order valence-electron chi connectivity index (χ4n) is 2.69. The maximum absolute atomic E-state index is 4.64. The van der Waals surface area contributed by atoms with Crippen LogP contribution in [0.4, 0.5) is 0 Å². The maximum Gasteiger partial charge on any atom is 0.0897 e. The lowest BCUT2D eigenvalue weighted by molar-refractivity contribution is 0.571. The molecule has 0 aliphatic heterocycles. The number of hydrogen-bond acceptors (Lipinski definition) is 3. The minimum Gasteiger partial charge on any atom is -0.313 e. The predicted octanol–water partition coefficient (Wildman–Crippen LogP) is 3.84. The molecule has 0 saturated heterocycles. The molecule has 20 heavy (non-hydrogen) atoms. The van der Waals surface area contributed by atoms with Crippen molar-refractivity contribution in [1.29, 1.82) is 0 Å². The second kappa shape index (κ2) is 6.06. The zero-order valence-electron chi connectivity index (χ0n) is 12.2. The Labute approximate surface area is 125 Å². The first-order valence-electron chi connectivity index (χ1n) is 7.42. The lowest BCUT2D eigenvalue weighted by Crippen LogP contribution is -2.25. The summed E-state index contributed by atoms with van der Waals surface area (Å²) < 4.78 is 0. The van der Waals surface area contributed by atoms with E-state index in [4.69, 9.17) is 0 Å². The van der Waals surface area contributed by atoms with Gasteiger partial charge in [-0.3, -0.25) is 0 Å². The van der Waals surface area contributed by atoms with Gasteiger partial charge in [-0.1, -0.05) is 24.3 Å². The van der Waals surface area contributed by atoms with E-state index < -0.39 is 0 Å². The Balaban J connectivity index is 1.77. The average molecular weight is 286 g/mol. The molecule has 1 fully saturated rings. The van der Waals surface area contributed by atoms with Gasteiger partial charge in [-0.25, -0.2) is 4.98 Å². The van der Waals surface area contributed by atoms with Crippen molar-refractivity contribution in [1.82, 2.24) is 10.3 Å². The van der Waals surface area contributed by atoms with Crippen LogP contribution in [0.25, 0.3) is 0 Å². The Morgan fingerprint density at radius 2 is 2.10 bits per heavy atom. The number of nitrogens with zero attached hydrogens (tertiary/aromatic N) is 1. The van der Waals surface area contributed by atoms with Crippen LogP contribution in [0.5, 0.6) is 0 Å². The van der Waals surface area contributed by atoms with Crippen molar-refractivity contribution in [2.24, 2.45) is 0 Å². The van der Waals surface area contributed by atoms with Crippen molar-refractivity contribution in [3.63, 3.8) is 0 Å². The van der Waals surface area contributed by atoms with Gasteiger partial charge in [0, 0.05) is 23.9 Å². The minimum absolute atomic E-state index is 0.526. The summed E-state index contributed by atoms with van der Waals surface area (Å²) in [5, 5.41) is 7.06. The van der Waals surface area contributed by atoms with Gasteiger partial charge in [0.05, 0.1) is 10.7 Å². The Morgan fingerprint density at radius 3 is 2.75 bits per heavy atom. The molecule has 0 bridgehead atoms. The van der Waals surface area contributed by atoms with E-state index in [0.29, 0.717) is 5.92 Å². The quantitative estimate of drug-likeness (QED) is 0.873. The van der Waals surface area contributed by atoms with E-state index in [1.807, 2.05) is 0 Å². The van der Waals surface area contributed by atoms with E-state index >= 15 is 0 Å². The molecule has 3 rings (SSSR count). The van der Waals surface area contributed by atoms with Crippen LogP contribution in [-0.2, 0) is 6.42 Å². The van der Waals surface area contributed by atoms with Crippen molar-refractivity contribution in [3.8, 4) is 0 Å². The predicted molar refractivity (Wildman–Crippen MR) is 85.5 cm³/mol. The van der Waals surface area contributed by atoms with Gasteiger partial charge in [0.25, 0.3) is 0 Å². The van der Waals surface area contributed by atoms with Crippen LogP contribution in [0.2, 0.25) is 0 Å². The molecule has 1 aliphatic rings. The van der Waals surface area contributed by atoms with Crippen molar-refractivity contribution < 1.29 is 0 Å². The van der Waals surface area contributed by atoms with E-state index in [1.165, 1.54) is 34.7 Å². The molecule has 2 nitrogen and oxygen atoms in total. The number of rotatable bonds is 6. The third-order valence-electron chi connectivity index (χ3n) is 3.98. The first kappa shape index (κ1) is 13.8. The molecule has 1 saturated carbocycles. The Hall–Kier alpha value is -1.19. The van der Waals surface area contributed by atoms with Crippen LogP contribution < -0.4 is 5.32 Å². The van der Waals surface area contributed by atoms with E-state index in [-0.39, 0.29) is 0 Å². The summed E-state index contributed by atoms with van der Waals surface area (Å²) in [5.41, 5.74) is 4.09. The molecule has 106 valence electrons. The zero-order valence-corrected chi connectivity index (χ0v) is 13.0. The third-order valence-corrected chi connectivity index (χ3v) is 4.80. The monoisotopic (exact) mass is 286 g/mol. The highest BCUT2D eigenvalue weighted by Gasteiger charge is 2.23. The van der Waals surface area contributed by atoms with Gasteiger partial charge < -0.3 is 5.32 Å². The van der Waals surface area contributed by atoms with Crippen LogP contribution in [-0.4, -0.2) is 17.6 Å². The van der Waals surface area contributed by atoms with Crippen LogP contribution in [0.1, 0.15) is 40.6 Å². The van der Waals surface area contributed by atoms with Crippen molar-refractivity contribution in [2.75, 3.05) is 6.54 Å². The van der Waals surface area contributed by atoms with Gasteiger partial charge in [-0.05, 0) is 44.2 Å². The topological polar surface area (TPSA) is 24.9 Å². The average Bonchev–Trinajstić information content (AvgIpc) is 3.18. The van der Waals surface area contributed by atoms with Gasteiger partial charge in [0.1, 0.15) is 0 Å². The zero-order chi connectivity index (χ0) is 13.9. The van der Waals surface area contributed by atoms with Gasteiger partial charge >= 0.3 is 0 Å².